The van der Waals surface area contributed by atoms with E-state index < -0.39 is 10.0 Å². The molecule has 0 spiro atoms. The minimum absolute atomic E-state index is 0.136. The normalized spacial score (nSPS) is 24.8. The van der Waals surface area contributed by atoms with Gasteiger partial charge in [-0.15, -0.1) is 0 Å². The van der Waals surface area contributed by atoms with Crippen LogP contribution in [0.25, 0.3) is 0 Å². The fraction of sp³-hybridized carbons (Fsp3) is 1.00. The molecule has 0 aromatic carbocycles. The van der Waals surface area contributed by atoms with Gasteiger partial charge in [-0.3, -0.25) is 4.90 Å². The number of rotatable bonds is 8. The van der Waals surface area contributed by atoms with Gasteiger partial charge in [-0.05, 0) is 38.8 Å². The third kappa shape index (κ3) is 5.38. The first-order valence-corrected chi connectivity index (χ1v) is 9.20. The molecule has 6 heteroatoms. The second-order valence-electron chi connectivity index (χ2n) is 5.68. The number of nitrogens with zero attached hydrogens (tertiary/aromatic N) is 1. The first kappa shape index (κ1) is 15.2. The number of sulfonamides is 1. The lowest BCUT2D eigenvalue weighted by Gasteiger charge is -2.24. The van der Waals surface area contributed by atoms with E-state index in [2.05, 4.69) is 21.9 Å². The molecule has 19 heavy (non-hydrogen) atoms. The van der Waals surface area contributed by atoms with Crippen molar-refractivity contribution in [3.05, 3.63) is 0 Å². The number of likely N-dealkylation sites (N-methyl/N-ethyl adjacent to an activating group) is 1. The standard InChI is InChI=1S/C13H27N3O2S/c1-2-16(13-6-7-13)10-9-15-19(17,18)11-12-5-3-4-8-14-12/h12-15H,2-11H2,1H3. The third-order valence-electron chi connectivity index (χ3n) is 4.02. The minimum Gasteiger partial charge on any atom is -0.313 e. The Hall–Kier alpha value is -0.170. The summed E-state index contributed by atoms with van der Waals surface area (Å²) in [6, 6.07) is 0.839. The van der Waals surface area contributed by atoms with Gasteiger partial charge in [0.05, 0.1) is 5.75 Å². The summed E-state index contributed by atoms with van der Waals surface area (Å²) in [7, 11) is -3.13. The van der Waals surface area contributed by atoms with Crippen molar-refractivity contribution in [1.29, 1.82) is 0 Å². The highest BCUT2D eigenvalue weighted by atomic mass is 32.2. The molecule has 0 radical (unpaired) electrons. The summed E-state index contributed by atoms with van der Waals surface area (Å²) in [6.45, 7) is 5.47. The van der Waals surface area contributed by atoms with E-state index >= 15 is 0 Å². The van der Waals surface area contributed by atoms with Crippen molar-refractivity contribution < 1.29 is 8.42 Å². The Morgan fingerprint density at radius 3 is 2.63 bits per heavy atom. The summed E-state index contributed by atoms with van der Waals surface area (Å²) in [5.41, 5.74) is 0. The van der Waals surface area contributed by atoms with Crippen LogP contribution >= 0.6 is 0 Å². The van der Waals surface area contributed by atoms with E-state index in [9.17, 15) is 8.42 Å². The second kappa shape index (κ2) is 7.02. The molecule has 1 heterocycles. The van der Waals surface area contributed by atoms with Gasteiger partial charge in [0.25, 0.3) is 0 Å². The molecule has 112 valence electrons. The van der Waals surface area contributed by atoms with E-state index in [0.717, 1.165) is 38.9 Å². The zero-order valence-electron chi connectivity index (χ0n) is 11.9. The van der Waals surface area contributed by atoms with Crippen molar-refractivity contribution >= 4 is 10.0 Å². The van der Waals surface area contributed by atoms with Crippen molar-refractivity contribution in [3.63, 3.8) is 0 Å². The molecule has 0 aromatic rings. The molecule has 1 atom stereocenters. The van der Waals surface area contributed by atoms with Gasteiger partial charge >= 0.3 is 0 Å². The highest BCUT2D eigenvalue weighted by Crippen LogP contribution is 2.25. The zero-order valence-corrected chi connectivity index (χ0v) is 12.7. The lowest BCUT2D eigenvalue weighted by Crippen LogP contribution is -2.44. The molecule has 1 saturated heterocycles. The molecular weight excluding hydrogens is 262 g/mol. The van der Waals surface area contributed by atoms with Crippen molar-refractivity contribution in [2.75, 3.05) is 31.9 Å². The average molecular weight is 289 g/mol. The Bertz CT molecular complexity index is 362. The molecule has 0 aromatic heterocycles. The van der Waals surface area contributed by atoms with Crippen molar-refractivity contribution in [2.45, 2.75) is 51.1 Å². The van der Waals surface area contributed by atoms with Gasteiger partial charge in [0.1, 0.15) is 0 Å². The van der Waals surface area contributed by atoms with Gasteiger partial charge in [0, 0.05) is 25.2 Å². The topological polar surface area (TPSA) is 61.4 Å². The smallest absolute Gasteiger partial charge is 0.213 e. The van der Waals surface area contributed by atoms with Crippen LogP contribution in [-0.2, 0) is 10.0 Å². The van der Waals surface area contributed by atoms with Gasteiger partial charge in [0.15, 0.2) is 0 Å². The SMILES string of the molecule is CCN(CCNS(=O)(=O)CC1CCCCN1)C1CC1. The average Bonchev–Trinajstić information content (AvgIpc) is 3.19. The molecule has 0 bridgehead atoms. The van der Waals surface area contributed by atoms with Crippen molar-refractivity contribution in [1.82, 2.24) is 14.9 Å². The molecule has 2 N–H and O–H groups in total. The van der Waals surface area contributed by atoms with Crippen molar-refractivity contribution in [3.8, 4) is 0 Å². The van der Waals surface area contributed by atoms with Crippen LogP contribution in [0.1, 0.15) is 39.0 Å². The van der Waals surface area contributed by atoms with Crippen LogP contribution in [0.5, 0.6) is 0 Å². The molecule has 2 aliphatic rings. The van der Waals surface area contributed by atoms with Crippen LogP contribution in [0.4, 0.5) is 0 Å². The van der Waals surface area contributed by atoms with E-state index in [1.54, 1.807) is 0 Å². The molecule has 1 aliphatic carbocycles. The number of hydrogen-bond acceptors (Lipinski definition) is 4. The third-order valence-corrected chi connectivity index (χ3v) is 5.51. The van der Waals surface area contributed by atoms with Gasteiger partial charge in [0.2, 0.25) is 10.0 Å². The second-order valence-corrected chi connectivity index (χ2v) is 7.53. The largest absolute Gasteiger partial charge is 0.313 e. The number of piperidine rings is 1. The van der Waals surface area contributed by atoms with E-state index in [-0.39, 0.29) is 11.8 Å². The molecule has 1 saturated carbocycles. The predicted octanol–water partition coefficient (Wildman–Crippen LogP) is 0.532. The Balaban J connectivity index is 1.67. The lowest BCUT2D eigenvalue weighted by atomic mass is 10.1. The summed E-state index contributed by atoms with van der Waals surface area (Å²) in [5.74, 6) is 0.225. The van der Waals surface area contributed by atoms with Crippen LogP contribution in [-0.4, -0.2) is 57.3 Å². The van der Waals surface area contributed by atoms with Crippen LogP contribution in [0.3, 0.4) is 0 Å². The summed E-state index contributed by atoms with van der Waals surface area (Å²) in [6.07, 6.45) is 5.82. The van der Waals surface area contributed by atoms with Gasteiger partial charge in [-0.1, -0.05) is 13.3 Å². The monoisotopic (exact) mass is 289 g/mol. The minimum atomic E-state index is -3.13. The molecule has 2 rings (SSSR count). The highest BCUT2D eigenvalue weighted by Gasteiger charge is 2.27. The zero-order chi connectivity index (χ0) is 13.7. The maximum Gasteiger partial charge on any atom is 0.213 e. The summed E-state index contributed by atoms with van der Waals surface area (Å²) in [5, 5.41) is 3.28. The maximum atomic E-state index is 12.0. The van der Waals surface area contributed by atoms with Crippen LogP contribution in [0.2, 0.25) is 0 Å². The quantitative estimate of drug-likeness (QED) is 0.684. The molecule has 2 fully saturated rings. The van der Waals surface area contributed by atoms with E-state index in [1.165, 1.54) is 12.8 Å². The van der Waals surface area contributed by atoms with Gasteiger partial charge in [-0.25, -0.2) is 13.1 Å². The molecule has 0 amide bonds. The van der Waals surface area contributed by atoms with Crippen LogP contribution < -0.4 is 10.0 Å². The Kier molecular flexibility index (Phi) is 5.62. The van der Waals surface area contributed by atoms with Gasteiger partial charge in [-0.2, -0.15) is 0 Å². The predicted molar refractivity (Wildman–Crippen MR) is 77.7 cm³/mol. The highest BCUT2D eigenvalue weighted by molar-refractivity contribution is 7.89. The number of nitrogens with one attached hydrogen (secondary N) is 2. The number of hydrogen-bond donors (Lipinski definition) is 2. The molecule has 1 unspecified atom stereocenters. The summed E-state index contributed by atoms with van der Waals surface area (Å²) < 4.78 is 26.7. The van der Waals surface area contributed by atoms with Gasteiger partial charge < -0.3 is 5.32 Å². The Morgan fingerprint density at radius 1 is 1.26 bits per heavy atom. The molecule has 5 nitrogen and oxygen atoms in total. The Labute approximate surface area is 117 Å². The first-order valence-electron chi connectivity index (χ1n) is 7.55. The summed E-state index contributed by atoms with van der Waals surface area (Å²) in [4.78, 5) is 2.36. The first-order chi connectivity index (χ1) is 9.11. The van der Waals surface area contributed by atoms with Crippen molar-refractivity contribution in [2.24, 2.45) is 0 Å². The fourth-order valence-corrected chi connectivity index (χ4v) is 4.11. The maximum absolute atomic E-state index is 12.0. The van der Waals surface area contributed by atoms with E-state index in [4.69, 9.17) is 0 Å². The molecule has 1 aliphatic heterocycles. The molecular formula is C13H27N3O2S. The lowest BCUT2D eigenvalue weighted by molar-refractivity contribution is 0.282. The van der Waals surface area contributed by atoms with Crippen LogP contribution in [0.15, 0.2) is 0 Å². The Morgan fingerprint density at radius 2 is 2.05 bits per heavy atom. The van der Waals surface area contributed by atoms with E-state index in [1.807, 2.05) is 0 Å². The summed E-state index contributed by atoms with van der Waals surface area (Å²) >= 11 is 0. The fourth-order valence-electron chi connectivity index (χ4n) is 2.77. The van der Waals surface area contributed by atoms with E-state index in [0.29, 0.717) is 12.6 Å². The van der Waals surface area contributed by atoms with Crippen LogP contribution in [0, 0.1) is 0 Å².